The number of carbonyl (C=O) groups is 1. The number of benzene rings is 2. The fourth-order valence-electron chi connectivity index (χ4n) is 3.38. The summed E-state index contributed by atoms with van der Waals surface area (Å²) in [5.74, 6) is 1.85. The van der Waals surface area contributed by atoms with E-state index in [9.17, 15) is 4.79 Å². The van der Waals surface area contributed by atoms with E-state index >= 15 is 0 Å². The SMILES string of the molecule is Cc1ccc(-n2c(SCc3ccccc3)nnc2C(C)NC(=O)C2CCC2)cc1. The summed E-state index contributed by atoms with van der Waals surface area (Å²) in [6, 6.07) is 18.5. The maximum Gasteiger partial charge on any atom is 0.223 e. The van der Waals surface area contributed by atoms with Crippen molar-refractivity contribution in [3.63, 3.8) is 0 Å². The van der Waals surface area contributed by atoms with Crippen LogP contribution in [0.5, 0.6) is 0 Å². The number of hydrogen-bond acceptors (Lipinski definition) is 4. The van der Waals surface area contributed by atoms with Crippen LogP contribution < -0.4 is 5.32 Å². The Morgan fingerprint density at radius 3 is 2.52 bits per heavy atom. The molecule has 1 amide bonds. The highest BCUT2D eigenvalue weighted by molar-refractivity contribution is 7.98. The highest BCUT2D eigenvalue weighted by Gasteiger charge is 2.28. The van der Waals surface area contributed by atoms with Gasteiger partial charge in [-0.25, -0.2) is 0 Å². The Labute approximate surface area is 175 Å². The van der Waals surface area contributed by atoms with Crippen LogP contribution in [0.1, 0.15) is 49.2 Å². The maximum absolute atomic E-state index is 12.4. The highest BCUT2D eigenvalue weighted by Crippen LogP contribution is 2.30. The molecule has 3 aromatic rings. The summed E-state index contributed by atoms with van der Waals surface area (Å²) in [6.07, 6.45) is 3.12. The molecule has 1 saturated carbocycles. The summed E-state index contributed by atoms with van der Waals surface area (Å²) in [5, 5.41) is 12.9. The van der Waals surface area contributed by atoms with E-state index in [2.05, 4.69) is 63.4 Å². The van der Waals surface area contributed by atoms with E-state index in [1.807, 2.05) is 25.1 Å². The minimum atomic E-state index is -0.206. The molecule has 5 nitrogen and oxygen atoms in total. The lowest BCUT2D eigenvalue weighted by molar-refractivity contribution is -0.128. The molecule has 1 aliphatic carbocycles. The zero-order chi connectivity index (χ0) is 20.2. The molecule has 1 aliphatic rings. The van der Waals surface area contributed by atoms with Gasteiger partial charge in [-0.3, -0.25) is 9.36 Å². The van der Waals surface area contributed by atoms with E-state index < -0.39 is 0 Å². The lowest BCUT2D eigenvalue weighted by atomic mass is 9.84. The number of amides is 1. The van der Waals surface area contributed by atoms with Gasteiger partial charge in [-0.15, -0.1) is 10.2 Å². The Morgan fingerprint density at radius 1 is 1.14 bits per heavy atom. The zero-order valence-corrected chi connectivity index (χ0v) is 17.7. The van der Waals surface area contributed by atoms with Gasteiger partial charge in [-0.2, -0.15) is 0 Å². The number of thioether (sulfide) groups is 1. The number of carbonyl (C=O) groups excluding carboxylic acids is 1. The molecule has 2 aromatic carbocycles. The molecular formula is C23H26N4OS. The predicted octanol–water partition coefficient (Wildman–Crippen LogP) is 4.85. The Balaban J connectivity index is 1.60. The third-order valence-corrected chi connectivity index (χ3v) is 6.38. The second kappa shape index (κ2) is 8.82. The van der Waals surface area contributed by atoms with Gasteiger partial charge in [0.2, 0.25) is 5.91 Å². The van der Waals surface area contributed by atoms with Crippen LogP contribution in [0.25, 0.3) is 5.69 Å². The van der Waals surface area contributed by atoms with Crippen LogP contribution in [0.2, 0.25) is 0 Å². The van der Waals surface area contributed by atoms with Crippen LogP contribution in [0.3, 0.4) is 0 Å². The van der Waals surface area contributed by atoms with E-state index in [1.165, 1.54) is 11.1 Å². The van der Waals surface area contributed by atoms with Crippen LogP contribution in [0.4, 0.5) is 0 Å². The van der Waals surface area contributed by atoms with Gasteiger partial charge in [-0.05, 0) is 44.4 Å². The second-order valence-electron chi connectivity index (χ2n) is 7.64. The molecule has 150 valence electrons. The van der Waals surface area contributed by atoms with Crippen molar-refractivity contribution in [1.29, 1.82) is 0 Å². The molecule has 1 heterocycles. The van der Waals surface area contributed by atoms with Crippen molar-refractivity contribution in [2.75, 3.05) is 0 Å². The molecule has 0 radical (unpaired) electrons. The first-order valence-electron chi connectivity index (χ1n) is 10.1. The molecular weight excluding hydrogens is 380 g/mol. The molecule has 0 saturated heterocycles. The molecule has 1 unspecified atom stereocenters. The minimum absolute atomic E-state index is 0.126. The monoisotopic (exact) mass is 406 g/mol. The van der Waals surface area contributed by atoms with Crippen molar-refractivity contribution in [1.82, 2.24) is 20.1 Å². The Morgan fingerprint density at radius 2 is 1.86 bits per heavy atom. The number of nitrogens with one attached hydrogen (secondary N) is 1. The fourth-order valence-corrected chi connectivity index (χ4v) is 4.29. The molecule has 0 aliphatic heterocycles. The molecule has 1 aromatic heterocycles. The van der Waals surface area contributed by atoms with E-state index in [1.54, 1.807) is 11.8 Å². The minimum Gasteiger partial charge on any atom is -0.346 e. The second-order valence-corrected chi connectivity index (χ2v) is 8.59. The van der Waals surface area contributed by atoms with Crippen molar-refractivity contribution < 1.29 is 4.79 Å². The summed E-state index contributed by atoms with van der Waals surface area (Å²) in [5.41, 5.74) is 3.45. The van der Waals surface area contributed by atoms with Gasteiger partial charge in [-0.1, -0.05) is 66.2 Å². The third kappa shape index (κ3) is 4.53. The van der Waals surface area contributed by atoms with Gasteiger partial charge in [0, 0.05) is 17.4 Å². The molecule has 1 fully saturated rings. The first-order chi connectivity index (χ1) is 14.1. The number of hydrogen-bond donors (Lipinski definition) is 1. The lowest BCUT2D eigenvalue weighted by Gasteiger charge is -2.26. The van der Waals surface area contributed by atoms with Crippen molar-refractivity contribution >= 4 is 17.7 Å². The molecule has 1 atom stereocenters. The van der Waals surface area contributed by atoms with E-state index in [-0.39, 0.29) is 17.9 Å². The van der Waals surface area contributed by atoms with E-state index in [4.69, 9.17) is 0 Å². The Hall–Kier alpha value is -2.60. The van der Waals surface area contributed by atoms with Gasteiger partial charge < -0.3 is 5.32 Å². The van der Waals surface area contributed by atoms with Crippen molar-refractivity contribution in [2.45, 2.75) is 50.1 Å². The molecule has 0 spiro atoms. The maximum atomic E-state index is 12.4. The molecule has 4 rings (SSSR count). The van der Waals surface area contributed by atoms with Gasteiger partial charge in [0.25, 0.3) is 0 Å². The first-order valence-corrected chi connectivity index (χ1v) is 11.1. The Bertz CT molecular complexity index is 964. The topological polar surface area (TPSA) is 59.8 Å². The van der Waals surface area contributed by atoms with Crippen LogP contribution in [-0.2, 0) is 10.5 Å². The number of aromatic nitrogens is 3. The zero-order valence-electron chi connectivity index (χ0n) is 16.8. The third-order valence-electron chi connectivity index (χ3n) is 5.38. The molecule has 1 N–H and O–H groups in total. The summed E-state index contributed by atoms with van der Waals surface area (Å²) in [4.78, 5) is 12.4. The largest absolute Gasteiger partial charge is 0.346 e. The highest BCUT2D eigenvalue weighted by atomic mass is 32.2. The molecule has 29 heavy (non-hydrogen) atoms. The summed E-state index contributed by atoms with van der Waals surface area (Å²) < 4.78 is 2.07. The smallest absolute Gasteiger partial charge is 0.223 e. The average Bonchev–Trinajstić information content (AvgIpc) is 3.10. The standard InChI is InChI=1S/C23H26N4OS/c1-16-11-13-20(14-12-16)27-21(17(2)24-22(28)19-9-6-10-19)25-26-23(27)29-15-18-7-4-3-5-8-18/h3-5,7-8,11-14,17,19H,6,9-10,15H2,1-2H3,(H,24,28). The number of nitrogens with zero attached hydrogens (tertiary/aromatic N) is 3. The lowest BCUT2D eigenvalue weighted by Crippen LogP contribution is -2.36. The normalized spacial score (nSPS) is 15.0. The summed E-state index contributed by atoms with van der Waals surface area (Å²) >= 11 is 1.65. The van der Waals surface area contributed by atoms with Crippen LogP contribution in [0.15, 0.2) is 59.8 Å². The van der Waals surface area contributed by atoms with E-state index in [0.717, 1.165) is 41.7 Å². The fraction of sp³-hybridized carbons (Fsp3) is 0.348. The van der Waals surface area contributed by atoms with E-state index in [0.29, 0.717) is 0 Å². The van der Waals surface area contributed by atoms with Gasteiger partial charge in [0.1, 0.15) is 0 Å². The number of aryl methyl sites for hydroxylation is 1. The van der Waals surface area contributed by atoms with Crippen molar-refractivity contribution in [2.24, 2.45) is 5.92 Å². The number of rotatable bonds is 7. The summed E-state index contributed by atoms with van der Waals surface area (Å²) in [7, 11) is 0. The van der Waals surface area contributed by atoms with Crippen LogP contribution in [-0.4, -0.2) is 20.7 Å². The Kier molecular flexibility index (Phi) is 6.00. The molecule has 0 bridgehead atoms. The predicted molar refractivity (Wildman–Crippen MR) is 116 cm³/mol. The van der Waals surface area contributed by atoms with Crippen molar-refractivity contribution in [3.05, 3.63) is 71.5 Å². The molecule has 6 heteroatoms. The average molecular weight is 407 g/mol. The van der Waals surface area contributed by atoms with Gasteiger partial charge in [0.15, 0.2) is 11.0 Å². The quantitative estimate of drug-likeness (QED) is 0.570. The van der Waals surface area contributed by atoms with Crippen LogP contribution in [0, 0.1) is 12.8 Å². The first kappa shape index (κ1) is 19.7. The summed E-state index contributed by atoms with van der Waals surface area (Å²) in [6.45, 7) is 4.06. The van der Waals surface area contributed by atoms with Gasteiger partial charge >= 0.3 is 0 Å². The van der Waals surface area contributed by atoms with Crippen LogP contribution >= 0.6 is 11.8 Å². The van der Waals surface area contributed by atoms with Crippen molar-refractivity contribution in [3.8, 4) is 5.69 Å². The van der Waals surface area contributed by atoms with Gasteiger partial charge in [0.05, 0.1) is 6.04 Å².